The highest BCUT2D eigenvalue weighted by Crippen LogP contribution is 2.19. The number of hydrogen-bond donors (Lipinski definition) is 0. The smallest absolute Gasteiger partial charge is 0.384 e. The van der Waals surface area contributed by atoms with Crippen LogP contribution in [0, 0.1) is 23.7 Å². The van der Waals surface area contributed by atoms with E-state index in [1.807, 2.05) is 0 Å². The maximum atomic E-state index is 6.20. The molecule has 0 heterocycles. The fraction of sp³-hybridized carbons (Fsp3) is 1.00. The Bertz CT molecular complexity index is 305. The van der Waals surface area contributed by atoms with Crippen molar-refractivity contribution in [3.8, 4) is 0 Å². The van der Waals surface area contributed by atoms with Gasteiger partial charge in [-0.1, -0.05) is 27.7 Å². The van der Waals surface area contributed by atoms with Gasteiger partial charge in [-0.25, -0.2) is 0 Å². The zero-order valence-corrected chi connectivity index (χ0v) is 20.7. The second kappa shape index (κ2) is 17.6. The van der Waals surface area contributed by atoms with Crippen LogP contribution in [0.25, 0.3) is 0 Å². The molecule has 176 valence electrons. The minimum atomic E-state index is -3.38. The molecule has 8 nitrogen and oxygen atoms in total. The van der Waals surface area contributed by atoms with Crippen molar-refractivity contribution in [2.45, 2.75) is 27.7 Å². The third-order valence-electron chi connectivity index (χ3n) is 3.98. The fourth-order valence-electron chi connectivity index (χ4n) is 2.56. The van der Waals surface area contributed by atoms with Crippen molar-refractivity contribution in [2.75, 3.05) is 81.3 Å². The van der Waals surface area contributed by atoms with Gasteiger partial charge in [0.1, 0.15) is 0 Å². The van der Waals surface area contributed by atoms with Gasteiger partial charge in [-0.3, -0.25) is 0 Å². The first kappa shape index (κ1) is 28.9. The van der Waals surface area contributed by atoms with Crippen molar-refractivity contribution in [1.29, 1.82) is 0 Å². The lowest BCUT2D eigenvalue weighted by atomic mass is 10.2. The van der Waals surface area contributed by atoms with Crippen LogP contribution in [0.2, 0.25) is 0 Å². The van der Waals surface area contributed by atoms with Crippen molar-refractivity contribution < 1.29 is 36.7 Å². The summed E-state index contributed by atoms with van der Waals surface area (Å²) in [6, 6.07) is 0. The summed E-state index contributed by atoms with van der Waals surface area (Å²) in [5.41, 5.74) is 0. The van der Waals surface area contributed by atoms with Crippen LogP contribution in [0.4, 0.5) is 0 Å². The summed E-state index contributed by atoms with van der Waals surface area (Å²) in [7, 11) is 3.32. The minimum Gasteiger partial charge on any atom is -0.384 e. The molecule has 0 N–H and O–H groups in total. The second-order valence-corrected chi connectivity index (χ2v) is 10.1. The fourth-order valence-corrected chi connectivity index (χ4v) is 5.01. The zero-order chi connectivity index (χ0) is 22.1. The van der Waals surface area contributed by atoms with Crippen LogP contribution in [0.3, 0.4) is 0 Å². The molecule has 0 bridgehead atoms. The summed E-state index contributed by atoms with van der Waals surface area (Å²) in [5, 5.41) is 0. The summed E-state index contributed by atoms with van der Waals surface area (Å²) in [6.07, 6.45) is 0. The van der Waals surface area contributed by atoms with E-state index in [9.17, 15) is 0 Å². The lowest BCUT2D eigenvalue weighted by molar-refractivity contribution is -0.0669. The highest BCUT2D eigenvalue weighted by atomic mass is 28.4. The molecule has 0 amide bonds. The molecule has 0 fully saturated rings. The molecule has 4 unspecified atom stereocenters. The number of rotatable bonds is 20. The monoisotopic (exact) mass is 440 g/mol. The molecule has 0 saturated carbocycles. The first-order valence-corrected chi connectivity index (χ1v) is 12.0. The van der Waals surface area contributed by atoms with Crippen molar-refractivity contribution in [3.05, 3.63) is 0 Å². The van der Waals surface area contributed by atoms with Crippen LogP contribution in [-0.2, 0) is 36.7 Å². The highest BCUT2D eigenvalue weighted by molar-refractivity contribution is 6.53. The number of methoxy groups -OCH3 is 4. The molecule has 0 aromatic carbocycles. The molecule has 0 spiro atoms. The van der Waals surface area contributed by atoms with E-state index in [-0.39, 0.29) is 23.7 Å². The Morgan fingerprint density at radius 3 is 0.793 bits per heavy atom. The molecule has 0 rings (SSSR count). The van der Waals surface area contributed by atoms with E-state index in [1.54, 1.807) is 28.4 Å². The van der Waals surface area contributed by atoms with Gasteiger partial charge in [-0.15, -0.1) is 0 Å². The Labute approximate surface area is 178 Å². The Morgan fingerprint density at radius 2 is 0.621 bits per heavy atom. The minimum absolute atomic E-state index is 0.187. The highest BCUT2D eigenvalue weighted by Gasteiger charge is 2.47. The van der Waals surface area contributed by atoms with E-state index in [0.717, 1.165) is 0 Å². The van der Waals surface area contributed by atoms with Crippen molar-refractivity contribution in [3.63, 3.8) is 0 Å². The van der Waals surface area contributed by atoms with Gasteiger partial charge in [0, 0.05) is 78.5 Å². The van der Waals surface area contributed by atoms with Gasteiger partial charge in [0.25, 0.3) is 0 Å². The normalized spacial score (nSPS) is 18.2. The van der Waals surface area contributed by atoms with Gasteiger partial charge in [0.15, 0.2) is 0 Å². The molecule has 9 heteroatoms. The van der Waals surface area contributed by atoms with E-state index in [2.05, 4.69) is 27.7 Å². The van der Waals surface area contributed by atoms with Crippen LogP contribution in [-0.4, -0.2) is 90.3 Å². The van der Waals surface area contributed by atoms with Gasteiger partial charge < -0.3 is 36.7 Å². The standard InChI is InChI=1S/C20H44O8Si/c1-17(9-21-5)13-25-29(26-14-18(2)10-22-6,27-15-19(3)11-23-7)28-16-20(4)12-24-8/h17-20H,9-16H2,1-8H3. The lowest BCUT2D eigenvalue weighted by Crippen LogP contribution is -2.52. The van der Waals surface area contributed by atoms with Gasteiger partial charge in [-0.2, -0.15) is 0 Å². The number of hydrogen-bond acceptors (Lipinski definition) is 8. The third kappa shape index (κ3) is 14.5. The van der Waals surface area contributed by atoms with E-state index in [1.165, 1.54) is 0 Å². The summed E-state index contributed by atoms with van der Waals surface area (Å²) in [4.78, 5) is 0. The van der Waals surface area contributed by atoms with Gasteiger partial charge in [0.05, 0.1) is 26.4 Å². The average Bonchev–Trinajstić information content (AvgIpc) is 2.68. The van der Waals surface area contributed by atoms with Gasteiger partial charge >= 0.3 is 9.05 Å². The maximum Gasteiger partial charge on any atom is 0.679 e. The van der Waals surface area contributed by atoms with Crippen LogP contribution in [0.1, 0.15) is 27.7 Å². The topological polar surface area (TPSA) is 73.8 Å². The zero-order valence-electron chi connectivity index (χ0n) is 19.7. The molecule has 0 aliphatic rings. The van der Waals surface area contributed by atoms with Gasteiger partial charge in [-0.05, 0) is 0 Å². The predicted octanol–water partition coefficient (Wildman–Crippen LogP) is 2.62. The Kier molecular flexibility index (Phi) is 17.5. The third-order valence-corrected chi connectivity index (χ3v) is 6.06. The largest absolute Gasteiger partial charge is 0.679 e. The summed E-state index contributed by atoms with van der Waals surface area (Å²) in [5.74, 6) is 0.748. The average molecular weight is 441 g/mol. The second-order valence-electron chi connectivity index (χ2n) is 7.99. The quantitative estimate of drug-likeness (QED) is 0.268. The number of ether oxygens (including phenoxy) is 4. The molecule has 0 aromatic rings. The van der Waals surface area contributed by atoms with Crippen molar-refractivity contribution in [1.82, 2.24) is 0 Å². The summed E-state index contributed by atoms with van der Waals surface area (Å²) in [6.45, 7) is 12.3. The molecule has 4 atom stereocenters. The molecular weight excluding hydrogens is 396 g/mol. The Morgan fingerprint density at radius 1 is 0.414 bits per heavy atom. The predicted molar refractivity (Wildman–Crippen MR) is 114 cm³/mol. The summed E-state index contributed by atoms with van der Waals surface area (Å²) < 4.78 is 45.7. The van der Waals surface area contributed by atoms with Crippen LogP contribution >= 0.6 is 0 Å². The van der Waals surface area contributed by atoms with Crippen molar-refractivity contribution >= 4 is 9.05 Å². The molecule has 0 radical (unpaired) electrons. The molecule has 0 aliphatic carbocycles. The molecule has 0 aliphatic heterocycles. The Hall–Kier alpha value is -0.103. The van der Waals surface area contributed by atoms with Crippen LogP contribution in [0.15, 0.2) is 0 Å². The van der Waals surface area contributed by atoms with Crippen LogP contribution < -0.4 is 0 Å². The van der Waals surface area contributed by atoms with Crippen LogP contribution in [0.5, 0.6) is 0 Å². The SMILES string of the molecule is COCC(C)CO[Si](OCC(C)COC)(OCC(C)COC)OCC(C)COC. The van der Waals surface area contributed by atoms with E-state index < -0.39 is 9.05 Å². The maximum absolute atomic E-state index is 6.20. The van der Waals surface area contributed by atoms with E-state index >= 15 is 0 Å². The van der Waals surface area contributed by atoms with Gasteiger partial charge in [0.2, 0.25) is 0 Å². The first-order chi connectivity index (χ1) is 13.8. The first-order valence-electron chi connectivity index (χ1n) is 10.3. The van der Waals surface area contributed by atoms with E-state index in [4.69, 9.17) is 36.7 Å². The molecule has 0 saturated heterocycles. The molecular formula is C20H44O8Si. The summed E-state index contributed by atoms with van der Waals surface area (Å²) >= 11 is 0. The van der Waals surface area contributed by atoms with E-state index in [0.29, 0.717) is 52.9 Å². The Balaban J connectivity index is 5.25. The van der Waals surface area contributed by atoms with Crippen molar-refractivity contribution in [2.24, 2.45) is 23.7 Å². The molecule has 0 aromatic heterocycles. The molecule has 29 heavy (non-hydrogen) atoms. The lowest BCUT2D eigenvalue weighted by Gasteiger charge is -2.32.